The van der Waals surface area contributed by atoms with Crippen LogP contribution in [0.1, 0.15) is 66.7 Å². The first-order valence-electron chi connectivity index (χ1n) is 13.0. The van der Waals surface area contributed by atoms with Crippen LogP contribution in [0.2, 0.25) is 0 Å². The number of nitrogens with one attached hydrogen (secondary N) is 2. The summed E-state index contributed by atoms with van der Waals surface area (Å²) in [5.41, 5.74) is -0.976. The van der Waals surface area contributed by atoms with Gasteiger partial charge in [0.1, 0.15) is 12.1 Å². The fourth-order valence-electron chi connectivity index (χ4n) is 6.66. The van der Waals surface area contributed by atoms with Gasteiger partial charge in [0, 0.05) is 32.1 Å². The Kier molecular flexibility index (Phi) is 7.89. The van der Waals surface area contributed by atoms with Crippen LogP contribution in [-0.2, 0) is 14.4 Å². The predicted molar refractivity (Wildman–Crippen MR) is 134 cm³/mol. The largest absolute Gasteiger partial charge is 0.355 e. The second-order valence-corrected chi connectivity index (χ2v) is 13.0. The topological polar surface area (TPSA) is 102 Å². The highest BCUT2D eigenvalue weighted by atomic mass is 16.2. The van der Waals surface area contributed by atoms with Gasteiger partial charge in [-0.1, -0.05) is 34.6 Å². The molecule has 3 fully saturated rings. The molecule has 1 spiro atoms. The van der Waals surface area contributed by atoms with Gasteiger partial charge in [-0.15, -0.1) is 0 Å². The Labute approximate surface area is 210 Å². The van der Waals surface area contributed by atoms with Crippen molar-refractivity contribution in [2.24, 2.45) is 22.7 Å². The maximum atomic E-state index is 13.3. The Morgan fingerprint density at radius 2 is 1.77 bits per heavy atom. The summed E-state index contributed by atoms with van der Waals surface area (Å²) in [5, 5.41) is 6.01. The summed E-state index contributed by atoms with van der Waals surface area (Å²) in [6, 6.07) is -0.470. The van der Waals surface area contributed by atoms with Gasteiger partial charge < -0.3 is 20.4 Å². The highest BCUT2D eigenvalue weighted by Crippen LogP contribution is 2.46. The third-order valence-electron chi connectivity index (χ3n) is 7.62. The van der Waals surface area contributed by atoms with Crippen molar-refractivity contribution in [2.75, 3.05) is 46.8 Å². The molecule has 2 unspecified atom stereocenters. The lowest BCUT2D eigenvalue weighted by Gasteiger charge is -2.43. The van der Waals surface area contributed by atoms with E-state index in [2.05, 4.69) is 50.2 Å². The Morgan fingerprint density at radius 3 is 2.34 bits per heavy atom. The number of rotatable bonds is 7. The molecule has 5 amide bonds. The minimum absolute atomic E-state index is 0.0264. The van der Waals surface area contributed by atoms with Gasteiger partial charge in [0.05, 0.1) is 0 Å². The van der Waals surface area contributed by atoms with Crippen LogP contribution in [0.25, 0.3) is 0 Å². The van der Waals surface area contributed by atoms with E-state index in [-0.39, 0.29) is 41.0 Å². The van der Waals surface area contributed by atoms with Crippen LogP contribution in [0.4, 0.5) is 4.79 Å². The summed E-state index contributed by atoms with van der Waals surface area (Å²) >= 11 is 0. The molecule has 3 rings (SSSR count). The van der Waals surface area contributed by atoms with Gasteiger partial charge in [-0.25, -0.2) is 4.79 Å². The highest BCUT2D eigenvalue weighted by molar-refractivity contribution is 6.09. The lowest BCUT2D eigenvalue weighted by Crippen LogP contribution is -2.54. The summed E-state index contributed by atoms with van der Waals surface area (Å²) in [6.07, 6.45) is 3.37. The van der Waals surface area contributed by atoms with Crippen LogP contribution >= 0.6 is 0 Å². The predicted octanol–water partition coefficient (Wildman–Crippen LogP) is 2.07. The van der Waals surface area contributed by atoms with Crippen LogP contribution in [0.15, 0.2) is 0 Å². The van der Waals surface area contributed by atoms with Gasteiger partial charge in [-0.3, -0.25) is 19.3 Å². The standard InChI is InChI=1S/C26H45N5O4/c1-18-12-24(2,3)15-26(13-18)22(34)31(23(35)28-26)14-20(32)30-10-8-19(9-11-30)21(33)27-16-25(4,5)17-29(6)7/h18-19H,8-17H2,1-7H3,(H,27,33)(H,28,35). The van der Waals surface area contributed by atoms with Crippen molar-refractivity contribution >= 4 is 23.8 Å². The Bertz CT molecular complexity index is 847. The van der Waals surface area contributed by atoms with Crippen LogP contribution in [0.3, 0.4) is 0 Å². The normalized spacial score (nSPS) is 27.5. The van der Waals surface area contributed by atoms with Crippen molar-refractivity contribution in [2.45, 2.75) is 72.3 Å². The minimum Gasteiger partial charge on any atom is -0.355 e. The van der Waals surface area contributed by atoms with E-state index in [1.807, 2.05) is 14.1 Å². The Morgan fingerprint density at radius 1 is 1.14 bits per heavy atom. The molecule has 198 valence electrons. The molecule has 9 nitrogen and oxygen atoms in total. The number of carbonyl (C=O) groups excluding carboxylic acids is 4. The number of hydrogen-bond donors (Lipinski definition) is 2. The van der Waals surface area contributed by atoms with E-state index in [1.54, 1.807) is 4.90 Å². The van der Waals surface area contributed by atoms with Crippen molar-refractivity contribution in [3.63, 3.8) is 0 Å². The first kappa shape index (κ1) is 27.4. The van der Waals surface area contributed by atoms with Crippen molar-refractivity contribution in [1.29, 1.82) is 0 Å². The first-order valence-corrected chi connectivity index (χ1v) is 13.0. The molecule has 2 atom stereocenters. The summed E-state index contributed by atoms with van der Waals surface area (Å²) in [6.45, 7) is 12.8. The monoisotopic (exact) mass is 491 g/mol. The average Bonchev–Trinajstić information content (AvgIpc) is 2.92. The van der Waals surface area contributed by atoms with Gasteiger partial charge in [-0.2, -0.15) is 0 Å². The van der Waals surface area contributed by atoms with E-state index < -0.39 is 11.6 Å². The molecule has 1 aliphatic carbocycles. The number of carbonyl (C=O) groups is 4. The van der Waals surface area contributed by atoms with Crippen LogP contribution < -0.4 is 10.6 Å². The SMILES string of the molecule is CC1CC(C)(C)CC2(C1)NC(=O)N(CC(=O)N1CCC(C(=O)NCC(C)(C)CN(C)C)CC1)C2=O. The molecule has 0 aromatic heterocycles. The second kappa shape index (κ2) is 10.1. The van der Waals surface area contributed by atoms with Crippen LogP contribution in [0, 0.1) is 22.7 Å². The van der Waals surface area contributed by atoms with Crippen molar-refractivity contribution in [3.8, 4) is 0 Å². The second-order valence-electron chi connectivity index (χ2n) is 13.0. The molecule has 0 aromatic rings. The summed E-state index contributed by atoms with van der Waals surface area (Å²) in [5.74, 6) is -0.281. The highest BCUT2D eigenvalue weighted by Gasteiger charge is 2.56. The van der Waals surface area contributed by atoms with Gasteiger partial charge in [0.2, 0.25) is 11.8 Å². The molecule has 1 saturated carbocycles. The Hall–Kier alpha value is -2.16. The van der Waals surface area contributed by atoms with Gasteiger partial charge >= 0.3 is 6.03 Å². The number of imide groups is 1. The number of piperidine rings is 1. The molecule has 2 aliphatic heterocycles. The zero-order chi connectivity index (χ0) is 26.2. The first-order chi connectivity index (χ1) is 16.1. The average molecular weight is 492 g/mol. The third kappa shape index (κ3) is 6.54. The lowest BCUT2D eigenvalue weighted by molar-refractivity contribution is -0.142. The maximum Gasteiger partial charge on any atom is 0.325 e. The lowest BCUT2D eigenvalue weighted by atomic mass is 9.64. The molecule has 0 aromatic carbocycles. The fourth-order valence-corrected chi connectivity index (χ4v) is 6.66. The zero-order valence-electron chi connectivity index (χ0n) is 22.7. The molecule has 2 heterocycles. The quantitative estimate of drug-likeness (QED) is 0.531. The smallest absolute Gasteiger partial charge is 0.325 e. The summed E-state index contributed by atoms with van der Waals surface area (Å²) in [4.78, 5) is 56.6. The van der Waals surface area contributed by atoms with Crippen LogP contribution in [-0.4, -0.2) is 90.8 Å². The van der Waals surface area contributed by atoms with E-state index in [9.17, 15) is 19.2 Å². The number of amides is 5. The van der Waals surface area contributed by atoms with E-state index in [1.165, 1.54) is 0 Å². The molecule has 2 N–H and O–H groups in total. The van der Waals surface area contributed by atoms with Crippen molar-refractivity contribution in [3.05, 3.63) is 0 Å². The maximum absolute atomic E-state index is 13.3. The third-order valence-corrected chi connectivity index (χ3v) is 7.62. The molecular weight excluding hydrogens is 446 g/mol. The number of hydrogen-bond acceptors (Lipinski definition) is 5. The zero-order valence-corrected chi connectivity index (χ0v) is 22.7. The van der Waals surface area contributed by atoms with E-state index >= 15 is 0 Å². The van der Waals surface area contributed by atoms with Gasteiger partial charge in [-0.05, 0) is 62.9 Å². The Balaban J connectivity index is 1.51. The van der Waals surface area contributed by atoms with E-state index in [0.29, 0.717) is 51.2 Å². The van der Waals surface area contributed by atoms with Crippen molar-refractivity contribution < 1.29 is 19.2 Å². The van der Waals surface area contributed by atoms with Crippen molar-refractivity contribution in [1.82, 2.24) is 25.3 Å². The number of urea groups is 1. The fraction of sp³-hybridized carbons (Fsp3) is 0.846. The van der Waals surface area contributed by atoms with Gasteiger partial charge in [0.25, 0.3) is 5.91 Å². The number of likely N-dealkylation sites (tertiary alicyclic amines) is 1. The molecule has 2 saturated heterocycles. The van der Waals surface area contributed by atoms with Gasteiger partial charge in [0.15, 0.2) is 0 Å². The molecule has 0 radical (unpaired) electrons. The van der Waals surface area contributed by atoms with Crippen LogP contribution in [0.5, 0.6) is 0 Å². The molecule has 3 aliphatic rings. The molecular formula is C26H45N5O4. The molecule has 9 heteroatoms. The summed E-state index contributed by atoms with van der Waals surface area (Å²) in [7, 11) is 4.04. The van der Waals surface area contributed by atoms with E-state index in [0.717, 1.165) is 17.9 Å². The number of nitrogens with zero attached hydrogens (tertiary/aromatic N) is 3. The molecule has 35 heavy (non-hydrogen) atoms. The van der Waals surface area contributed by atoms with E-state index in [4.69, 9.17) is 0 Å². The minimum atomic E-state index is -0.899. The summed E-state index contributed by atoms with van der Waals surface area (Å²) < 4.78 is 0. The molecule has 0 bridgehead atoms.